The molecule has 0 aliphatic carbocycles. The minimum atomic E-state index is 0.468. The Kier molecular flexibility index (Phi) is 3.71. The first-order chi connectivity index (χ1) is 7.19. The number of hydrogen-bond donors (Lipinski definition) is 0. The Balaban J connectivity index is 2.97. The van der Waals surface area contributed by atoms with Crippen molar-refractivity contribution in [1.29, 1.82) is 10.5 Å². The van der Waals surface area contributed by atoms with Crippen molar-refractivity contribution in [3.63, 3.8) is 0 Å². The Bertz CT molecular complexity index is 423. The van der Waals surface area contributed by atoms with Crippen LogP contribution in [0.2, 0.25) is 0 Å². The fourth-order valence-corrected chi connectivity index (χ4v) is 1.39. The summed E-state index contributed by atoms with van der Waals surface area (Å²) in [5.74, 6) is 0. The fourth-order valence-electron chi connectivity index (χ4n) is 1.39. The molecule has 0 aliphatic rings. The van der Waals surface area contributed by atoms with Crippen LogP contribution in [0.15, 0.2) is 18.2 Å². The van der Waals surface area contributed by atoms with E-state index in [9.17, 15) is 0 Å². The third-order valence-corrected chi connectivity index (χ3v) is 2.24. The smallest absolute Gasteiger partial charge is 0.101 e. The van der Waals surface area contributed by atoms with Gasteiger partial charge in [-0.15, -0.1) is 0 Å². The second-order valence-electron chi connectivity index (χ2n) is 3.46. The second-order valence-corrected chi connectivity index (χ2v) is 3.46. The van der Waals surface area contributed by atoms with E-state index in [1.54, 1.807) is 0 Å². The molecule has 0 saturated heterocycles. The molecule has 1 aromatic rings. The lowest BCUT2D eigenvalue weighted by Crippen LogP contribution is -2.19. The normalized spacial score (nSPS) is 9.07. The van der Waals surface area contributed by atoms with Gasteiger partial charge in [-0.25, -0.2) is 0 Å². The third-order valence-electron chi connectivity index (χ3n) is 2.24. The van der Waals surface area contributed by atoms with E-state index >= 15 is 0 Å². The first-order valence-corrected chi connectivity index (χ1v) is 4.78. The van der Waals surface area contributed by atoms with Crippen LogP contribution in [0, 0.1) is 29.6 Å². The lowest BCUT2D eigenvalue weighted by atomic mass is 10.1. The van der Waals surface area contributed by atoms with Crippen molar-refractivity contribution < 1.29 is 0 Å². The molecule has 0 bridgehead atoms. The van der Waals surface area contributed by atoms with Crippen LogP contribution in [-0.4, -0.2) is 13.6 Å². The predicted octanol–water partition coefficient (Wildman–Crippen LogP) is 2.22. The lowest BCUT2D eigenvalue weighted by Gasteiger charge is -2.19. The van der Waals surface area contributed by atoms with Crippen LogP contribution in [0.25, 0.3) is 0 Å². The Morgan fingerprint density at radius 3 is 2.67 bits per heavy atom. The van der Waals surface area contributed by atoms with Gasteiger partial charge in [0.2, 0.25) is 0 Å². The zero-order valence-corrected chi connectivity index (χ0v) is 8.99. The number of rotatable bonds is 3. The summed E-state index contributed by atoms with van der Waals surface area (Å²) in [6.07, 6.45) is 0.468. The van der Waals surface area contributed by atoms with Gasteiger partial charge in [0.1, 0.15) is 6.07 Å². The molecular weight excluding hydrogens is 186 g/mol. The van der Waals surface area contributed by atoms with E-state index in [1.807, 2.05) is 37.1 Å². The van der Waals surface area contributed by atoms with Crippen molar-refractivity contribution in [2.75, 3.05) is 18.5 Å². The zero-order valence-electron chi connectivity index (χ0n) is 8.99. The Morgan fingerprint density at radius 2 is 2.07 bits per heavy atom. The van der Waals surface area contributed by atoms with E-state index in [1.165, 1.54) is 0 Å². The predicted molar refractivity (Wildman–Crippen MR) is 59.4 cm³/mol. The second kappa shape index (κ2) is 5.02. The number of nitrogens with zero attached hydrogens (tertiary/aromatic N) is 3. The topological polar surface area (TPSA) is 50.8 Å². The molecule has 0 aromatic heterocycles. The first kappa shape index (κ1) is 11.1. The molecule has 3 heteroatoms. The van der Waals surface area contributed by atoms with Gasteiger partial charge in [-0.05, 0) is 24.6 Å². The zero-order chi connectivity index (χ0) is 11.3. The molecule has 0 atom stereocenters. The quantitative estimate of drug-likeness (QED) is 0.750. The van der Waals surface area contributed by atoms with Crippen molar-refractivity contribution in [3.8, 4) is 12.1 Å². The number of benzene rings is 1. The minimum absolute atomic E-state index is 0.468. The summed E-state index contributed by atoms with van der Waals surface area (Å²) in [5.41, 5.74) is 2.67. The maximum absolute atomic E-state index is 8.94. The van der Waals surface area contributed by atoms with E-state index in [0.29, 0.717) is 18.5 Å². The number of hydrogen-bond acceptors (Lipinski definition) is 3. The highest BCUT2D eigenvalue weighted by molar-refractivity contribution is 5.60. The minimum Gasteiger partial charge on any atom is -0.372 e. The summed E-state index contributed by atoms with van der Waals surface area (Å²) >= 11 is 0. The maximum atomic E-state index is 8.94. The van der Waals surface area contributed by atoms with Crippen molar-refractivity contribution in [1.82, 2.24) is 0 Å². The maximum Gasteiger partial charge on any atom is 0.101 e. The van der Waals surface area contributed by atoms with Crippen LogP contribution in [0.3, 0.4) is 0 Å². The third kappa shape index (κ3) is 2.72. The monoisotopic (exact) mass is 199 g/mol. The van der Waals surface area contributed by atoms with Crippen LogP contribution in [0.1, 0.15) is 17.5 Å². The molecule has 1 rings (SSSR count). The van der Waals surface area contributed by atoms with E-state index in [4.69, 9.17) is 10.5 Å². The first-order valence-electron chi connectivity index (χ1n) is 4.78. The van der Waals surface area contributed by atoms with Crippen LogP contribution >= 0.6 is 0 Å². The highest BCUT2D eigenvalue weighted by atomic mass is 15.1. The molecule has 3 nitrogen and oxygen atoms in total. The van der Waals surface area contributed by atoms with Crippen molar-refractivity contribution in [2.24, 2.45) is 0 Å². The summed E-state index contributed by atoms with van der Waals surface area (Å²) in [4.78, 5) is 1.94. The van der Waals surface area contributed by atoms with Gasteiger partial charge in [0.25, 0.3) is 0 Å². The van der Waals surface area contributed by atoms with Gasteiger partial charge in [0.05, 0.1) is 23.7 Å². The lowest BCUT2D eigenvalue weighted by molar-refractivity contribution is 0.902. The fraction of sp³-hybridized carbons (Fsp3) is 0.333. The summed E-state index contributed by atoms with van der Waals surface area (Å²) in [6.45, 7) is 2.64. The molecule has 15 heavy (non-hydrogen) atoms. The highest BCUT2D eigenvalue weighted by Gasteiger charge is 2.06. The van der Waals surface area contributed by atoms with Crippen LogP contribution in [0.5, 0.6) is 0 Å². The summed E-state index contributed by atoms with van der Waals surface area (Å²) < 4.78 is 0. The van der Waals surface area contributed by atoms with Crippen LogP contribution in [-0.2, 0) is 0 Å². The molecule has 0 fully saturated rings. The van der Waals surface area contributed by atoms with E-state index in [0.717, 1.165) is 11.3 Å². The van der Waals surface area contributed by atoms with Gasteiger partial charge in [-0.1, -0.05) is 6.07 Å². The number of aryl methyl sites for hydroxylation is 1. The average molecular weight is 199 g/mol. The Hall–Kier alpha value is -2.00. The summed E-state index contributed by atoms with van der Waals surface area (Å²) in [5, 5.41) is 17.4. The molecule has 0 saturated carbocycles. The molecular formula is C12H13N3. The standard InChI is InChI=1S/C12H13N3/c1-10-4-5-11(9-14)12(8-10)15(2)7-3-6-13/h4-5,8H,3,7H2,1-2H3. The SMILES string of the molecule is Cc1ccc(C#N)c(N(C)CCC#N)c1. The molecule has 0 N–H and O–H groups in total. The van der Waals surface area contributed by atoms with Gasteiger partial charge in [0, 0.05) is 13.6 Å². The van der Waals surface area contributed by atoms with E-state index in [-0.39, 0.29) is 0 Å². The average Bonchev–Trinajstić information content (AvgIpc) is 2.25. The van der Waals surface area contributed by atoms with Gasteiger partial charge in [-0.3, -0.25) is 0 Å². The summed E-state index contributed by atoms with van der Waals surface area (Å²) in [6, 6.07) is 9.95. The van der Waals surface area contributed by atoms with Crippen LogP contribution in [0.4, 0.5) is 5.69 Å². The highest BCUT2D eigenvalue weighted by Crippen LogP contribution is 2.20. The number of nitriles is 2. The van der Waals surface area contributed by atoms with Gasteiger partial charge in [0.15, 0.2) is 0 Å². The van der Waals surface area contributed by atoms with Gasteiger partial charge in [-0.2, -0.15) is 10.5 Å². The molecule has 0 spiro atoms. The summed E-state index contributed by atoms with van der Waals surface area (Å²) in [7, 11) is 1.90. The van der Waals surface area contributed by atoms with Crippen molar-refractivity contribution in [3.05, 3.63) is 29.3 Å². The van der Waals surface area contributed by atoms with Crippen molar-refractivity contribution >= 4 is 5.69 Å². The molecule has 0 amide bonds. The van der Waals surface area contributed by atoms with Crippen LogP contribution < -0.4 is 4.90 Å². The van der Waals surface area contributed by atoms with Gasteiger partial charge >= 0.3 is 0 Å². The van der Waals surface area contributed by atoms with Gasteiger partial charge < -0.3 is 4.90 Å². The molecule has 1 aromatic carbocycles. The molecule has 76 valence electrons. The molecule has 0 heterocycles. The molecule has 0 aliphatic heterocycles. The van der Waals surface area contributed by atoms with Crippen molar-refractivity contribution in [2.45, 2.75) is 13.3 Å². The van der Waals surface area contributed by atoms with E-state index in [2.05, 4.69) is 12.1 Å². The number of anilines is 1. The molecule has 0 radical (unpaired) electrons. The molecule has 0 unspecified atom stereocenters. The Morgan fingerprint density at radius 1 is 1.33 bits per heavy atom. The largest absolute Gasteiger partial charge is 0.372 e. The van der Waals surface area contributed by atoms with E-state index < -0.39 is 0 Å². The Labute approximate surface area is 90.2 Å².